The Morgan fingerprint density at radius 3 is 2.45 bits per heavy atom. The summed E-state index contributed by atoms with van der Waals surface area (Å²) < 4.78 is 0. The quantitative estimate of drug-likeness (QED) is 0.886. The Hall–Kier alpha value is -1.36. The molecule has 0 bridgehead atoms. The van der Waals surface area contributed by atoms with Gasteiger partial charge in [0, 0.05) is 17.8 Å². The Balaban J connectivity index is 2.05. The van der Waals surface area contributed by atoms with E-state index in [-0.39, 0.29) is 11.4 Å². The SMILES string of the molecule is Cc1n[nH]c(C)c1C(=O)NCC1(N(C)C)CCCCC1. The third-order valence-electron chi connectivity index (χ3n) is 4.67. The highest BCUT2D eigenvalue weighted by Crippen LogP contribution is 2.31. The van der Waals surface area contributed by atoms with E-state index in [9.17, 15) is 4.79 Å². The standard InChI is InChI=1S/C15H26N4O/c1-11-13(12(2)18-17-11)14(20)16-10-15(19(3)4)8-6-5-7-9-15/h5-10H2,1-4H3,(H,16,20)(H,17,18). The summed E-state index contributed by atoms with van der Waals surface area (Å²) in [6.07, 6.45) is 6.12. The highest BCUT2D eigenvalue weighted by molar-refractivity contribution is 5.96. The van der Waals surface area contributed by atoms with Crippen LogP contribution in [0.2, 0.25) is 0 Å². The predicted molar refractivity (Wildman–Crippen MR) is 79.9 cm³/mol. The molecular weight excluding hydrogens is 252 g/mol. The van der Waals surface area contributed by atoms with E-state index in [0.29, 0.717) is 12.1 Å². The van der Waals surface area contributed by atoms with E-state index in [2.05, 4.69) is 34.5 Å². The van der Waals surface area contributed by atoms with Crippen molar-refractivity contribution in [1.29, 1.82) is 0 Å². The summed E-state index contributed by atoms with van der Waals surface area (Å²) in [7, 11) is 4.23. The number of H-pyrrole nitrogens is 1. The van der Waals surface area contributed by atoms with Crippen LogP contribution >= 0.6 is 0 Å². The van der Waals surface area contributed by atoms with E-state index in [0.717, 1.165) is 24.2 Å². The molecule has 1 saturated carbocycles. The minimum atomic E-state index is -0.0134. The lowest BCUT2D eigenvalue weighted by atomic mass is 9.80. The maximum Gasteiger partial charge on any atom is 0.255 e. The van der Waals surface area contributed by atoms with Gasteiger partial charge in [0.25, 0.3) is 5.91 Å². The number of aromatic amines is 1. The van der Waals surface area contributed by atoms with Crippen LogP contribution in [0.15, 0.2) is 0 Å². The number of hydrogen-bond donors (Lipinski definition) is 2. The average molecular weight is 278 g/mol. The summed E-state index contributed by atoms with van der Waals surface area (Å²) in [5.41, 5.74) is 2.40. The van der Waals surface area contributed by atoms with Gasteiger partial charge in [-0.1, -0.05) is 19.3 Å². The van der Waals surface area contributed by atoms with Gasteiger partial charge in [0.1, 0.15) is 0 Å². The largest absolute Gasteiger partial charge is 0.350 e. The first-order chi connectivity index (χ1) is 9.46. The molecule has 1 aromatic heterocycles. The Morgan fingerprint density at radius 2 is 1.95 bits per heavy atom. The molecule has 5 nitrogen and oxygen atoms in total. The predicted octanol–water partition coefficient (Wildman–Crippen LogP) is 2.02. The molecule has 0 saturated heterocycles. The number of amides is 1. The molecule has 1 aliphatic carbocycles. The second-order valence-corrected chi connectivity index (χ2v) is 6.17. The van der Waals surface area contributed by atoms with E-state index in [4.69, 9.17) is 0 Å². The fourth-order valence-electron chi connectivity index (χ4n) is 3.21. The van der Waals surface area contributed by atoms with Crippen LogP contribution in [0, 0.1) is 13.8 Å². The third kappa shape index (κ3) is 2.87. The fraction of sp³-hybridized carbons (Fsp3) is 0.733. The van der Waals surface area contributed by atoms with Gasteiger partial charge in [-0.2, -0.15) is 5.10 Å². The normalized spacial score (nSPS) is 18.2. The van der Waals surface area contributed by atoms with Crippen molar-refractivity contribution < 1.29 is 4.79 Å². The second-order valence-electron chi connectivity index (χ2n) is 6.17. The first-order valence-corrected chi connectivity index (χ1v) is 7.43. The minimum Gasteiger partial charge on any atom is -0.350 e. The number of rotatable bonds is 4. The van der Waals surface area contributed by atoms with Crippen LogP contribution in [0.5, 0.6) is 0 Å². The van der Waals surface area contributed by atoms with Crippen molar-refractivity contribution in [3.8, 4) is 0 Å². The number of carbonyl (C=O) groups excluding carboxylic acids is 1. The smallest absolute Gasteiger partial charge is 0.255 e. The Bertz CT molecular complexity index is 453. The number of hydrogen-bond acceptors (Lipinski definition) is 3. The summed E-state index contributed by atoms with van der Waals surface area (Å²) in [4.78, 5) is 14.6. The van der Waals surface area contributed by atoms with Gasteiger partial charge in [-0.3, -0.25) is 9.89 Å². The lowest BCUT2D eigenvalue weighted by Crippen LogP contribution is -2.53. The minimum absolute atomic E-state index is 0.0134. The summed E-state index contributed by atoms with van der Waals surface area (Å²) in [5.74, 6) is -0.0134. The molecule has 1 aromatic rings. The second kappa shape index (κ2) is 5.95. The molecule has 1 aliphatic rings. The Morgan fingerprint density at radius 1 is 1.30 bits per heavy atom. The fourth-order valence-corrected chi connectivity index (χ4v) is 3.21. The van der Waals surface area contributed by atoms with Gasteiger partial charge in [0.15, 0.2) is 0 Å². The van der Waals surface area contributed by atoms with Crippen molar-refractivity contribution >= 4 is 5.91 Å². The van der Waals surface area contributed by atoms with E-state index < -0.39 is 0 Å². The van der Waals surface area contributed by atoms with Crippen molar-refractivity contribution in [1.82, 2.24) is 20.4 Å². The summed E-state index contributed by atoms with van der Waals surface area (Å²) >= 11 is 0. The number of aromatic nitrogens is 2. The molecule has 112 valence electrons. The van der Waals surface area contributed by atoms with E-state index in [1.165, 1.54) is 19.3 Å². The van der Waals surface area contributed by atoms with Crippen LogP contribution in [-0.2, 0) is 0 Å². The van der Waals surface area contributed by atoms with Crippen LogP contribution in [0.3, 0.4) is 0 Å². The maximum atomic E-state index is 12.4. The van der Waals surface area contributed by atoms with Gasteiger partial charge in [0.05, 0.1) is 11.3 Å². The molecule has 1 heterocycles. The number of nitrogens with zero attached hydrogens (tertiary/aromatic N) is 2. The molecule has 1 fully saturated rings. The van der Waals surface area contributed by atoms with E-state index in [1.807, 2.05) is 13.8 Å². The zero-order chi connectivity index (χ0) is 14.8. The van der Waals surface area contributed by atoms with Crippen LogP contribution in [0.4, 0.5) is 0 Å². The van der Waals surface area contributed by atoms with Gasteiger partial charge in [-0.25, -0.2) is 0 Å². The van der Waals surface area contributed by atoms with Gasteiger partial charge in [-0.15, -0.1) is 0 Å². The van der Waals surface area contributed by atoms with Gasteiger partial charge >= 0.3 is 0 Å². The third-order valence-corrected chi connectivity index (χ3v) is 4.67. The van der Waals surface area contributed by atoms with Gasteiger partial charge in [0.2, 0.25) is 0 Å². The molecule has 2 rings (SSSR count). The summed E-state index contributed by atoms with van der Waals surface area (Å²) in [6.45, 7) is 4.46. The van der Waals surface area contributed by atoms with Crippen LogP contribution in [0.25, 0.3) is 0 Å². The van der Waals surface area contributed by atoms with Gasteiger partial charge < -0.3 is 10.2 Å². The van der Waals surface area contributed by atoms with E-state index >= 15 is 0 Å². The van der Waals surface area contributed by atoms with Gasteiger partial charge in [-0.05, 0) is 40.8 Å². The first-order valence-electron chi connectivity index (χ1n) is 7.43. The highest BCUT2D eigenvalue weighted by Gasteiger charge is 2.34. The molecule has 0 unspecified atom stereocenters. The van der Waals surface area contributed by atoms with Crippen LogP contribution in [-0.4, -0.2) is 47.2 Å². The molecule has 0 aliphatic heterocycles. The van der Waals surface area contributed by atoms with Crippen molar-refractivity contribution in [2.75, 3.05) is 20.6 Å². The Labute approximate surface area is 121 Å². The lowest BCUT2D eigenvalue weighted by molar-refractivity contribution is 0.0799. The number of nitrogens with one attached hydrogen (secondary N) is 2. The number of likely N-dealkylation sites (N-methyl/N-ethyl adjacent to an activating group) is 1. The van der Waals surface area contributed by atoms with Crippen molar-refractivity contribution in [3.63, 3.8) is 0 Å². The number of carbonyl (C=O) groups is 1. The van der Waals surface area contributed by atoms with Crippen molar-refractivity contribution in [2.24, 2.45) is 0 Å². The van der Waals surface area contributed by atoms with Crippen molar-refractivity contribution in [2.45, 2.75) is 51.5 Å². The monoisotopic (exact) mass is 278 g/mol. The summed E-state index contributed by atoms with van der Waals surface area (Å²) in [6, 6.07) is 0. The molecule has 0 radical (unpaired) electrons. The van der Waals surface area contributed by atoms with Crippen LogP contribution in [0.1, 0.15) is 53.8 Å². The van der Waals surface area contributed by atoms with Crippen LogP contribution < -0.4 is 5.32 Å². The van der Waals surface area contributed by atoms with Crippen molar-refractivity contribution in [3.05, 3.63) is 17.0 Å². The Kier molecular flexibility index (Phi) is 4.48. The number of aryl methyl sites for hydroxylation is 2. The molecule has 1 amide bonds. The lowest BCUT2D eigenvalue weighted by Gasteiger charge is -2.43. The molecule has 20 heavy (non-hydrogen) atoms. The molecule has 2 N–H and O–H groups in total. The highest BCUT2D eigenvalue weighted by atomic mass is 16.1. The van der Waals surface area contributed by atoms with E-state index in [1.54, 1.807) is 0 Å². The topological polar surface area (TPSA) is 61.0 Å². The zero-order valence-corrected chi connectivity index (χ0v) is 13.0. The maximum absolute atomic E-state index is 12.4. The molecular formula is C15H26N4O. The first kappa shape index (κ1) is 15.0. The average Bonchev–Trinajstić information content (AvgIpc) is 2.76. The molecule has 0 atom stereocenters. The summed E-state index contributed by atoms with van der Waals surface area (Å²) in [5, 5.41) is 10.1. The zero-order valence-electron chi connectivity index (χ0n) is 13.0. The molecule has 0 spiro atoms. The molecule has 0 aromatic carbocycles. The molecule has 5 heteroatoms.